The zero-order chi connectivity index (χ0) is 16.0. The van der Waals surface area contributed by atoms with Crippen LogP contribution < -0.4 is 17.2 Å². The molecule has 0 fully saturated rings. The van der Waals surface area contributed by atoms with Gasteiger partial charge >= 0.3 is 17.9 Å². The molecular formula is C10H23N3O6. The number of hydrogen-bond donors (Lipinski definition) is 6. The number of carbonyl (C=O) groups is 3. The molecule has 0 amide bonds. The number of carboxylic acids is 3. The molecule has 0 aromatic rings. The standard InChI is InChI=1S/C6H13NO2.2C2H5NO2/c1-4(2)3-5(7)6(8)9;2*3-1-2(4)5/h4-5H,3,7H2,1-2H3,(H,8,9);2*1,3H2,(H,4,5). The summed E-state index contributed by atoms with van der Waals surface area (Å²) in [6.45, 7) is 3.34. The van der Waals surface area contributed by atoms with Crippen LogP contribution >= 0.6 is 0 Å². The second-order valence-corrected chi connectivity index (χ2v) is 3.77. The van der Waals surface area contributed by atoms with Gasteiger partial charge in [0.15, 0.2) is 0 Å². The van der Waals surface area contributed by atoms with Crippen LogP contribution in [0.5, 0.6) is 0 Å². The first-order valence-electron chi connectivity index (χ1n) is 5.40. The fourth-order valence-electron chi connectivity index (χ4n) is 0.609. The highest BCUT2D eigenvalue weighted by Gasteiger charge is 2.11. The van der Waals surface area contributed by atoms with Gasteiger partial charge in [-0.2, -0.15) is 0 Å². The van der Waals surface area contributed by atoms with Gasteiger partial charge in [-0.15, -0.1) is 0 Å². The lowest BCUT2D eigenvalue weighted by Gasteiger charge is -2.07. The summed E-state index contributed by atoms with van der Waals surface area (Å²) in [7, 11) is 0. The third kappa shape index (κ3) is 31.4. The van der Waals surface area contributed by atoms with E-state index < -0.39 is 23.9 Å². The van der Waals surface area contributed by atoms with Crippen molar-refractivity contribution < 1.29 is 29.7 Å². The van der Waals surface area contributed by atoms with Crippen LogP contribution in [0.1, 0.15) is 20.3 Å². The molecule has 0 heterocycles. The molecule has 0 aromatic heterocycles. The summed E-state index contributed by atoms with van der Waals surface area (Å²) in [5, 5.41) is 23.5. The molecule has 1 unspecified atom stereocenters. The molecule has 0 bridgehead atoms. The van der Waals surface area contributed by atoms with Crippen LogP contribution in [0, 0.1) is 5.92 Å². The van der Waals surface area contributed by atoms with Crippen LogP contribution in [0.25, 0.3) is 0 Å². The van der Waals surface area contributed by atoms with Crippen molar-refractivity contribution in [2.45, 2.75) is 26.3 Å². The summed E-state index contributed by atoms with van der Waals surface area (Å²) in [6, 6.07) is -0.690. The van der Waals surface area contributed by atoms with Crippen molar-refractivity contribution in [2.24, 2.45) is 23.1 Å². The predicted molar refractivity (Wildman–Crippen MR) is 68.4 cm³/mol. The summed E-state index contributed by atoms with van der Waals surface area (Å²) in [5.74, 6) is -2.49. The maximum Gasteiger partial charge on any atom is 0.320 e. The number of aliphatic carboxylic acids is 3. The molecule has 0 saturated heterocycles. The van der Waals surface area contributed by atoms with Crippen LogP contribution in [0.15, 0.2) is 0 Å². The van der Waals surface area contributed by atoms with Crippen molar-refractivity contribution in [3.8, 4) is 0 Å². The summed E-state index contributed by atoms with van der Waals surface area (Å²) >= 11 is 0. The average Bonchev–Trinajstić information content (AvgIpc) is 2.29. The highest BCUT2D eigenvalue weighted by molar-refractivity contribution is 5.73. The molecule has 9 heteroatoms. The largest absolute Gasteiger partial charge is 0.480 e. The van der Waals surface area contributed by atoms with Crippen molar-refractivity contribution in [3.63, 3.8) is 0 Å². The Kier molecular flexibility index (Phi) is 17.0. The van der Waals surface area contributed by atoms with Crippen molar-refractivity contribution in [1.82, 2.24) is 0 Å². The minimum absolute atomic E-state index is 0.278. The number of nitrogens with two attached hydrogens (primary N) is 3. The minimum Gasteiger partial charge on any atom is -0.480 e. The van der Waals surface area contributed by atoms with E-state index in [0.717, 1.165) is 0 Å². The van der Waals surface area contributed by atoms with Crippen LogP contribution in [-0.2, 0) is 14.4 Å². The average molecular weight is 281 g/mol. The Balaban J connectivity index is -0.000000219. The maximum absolute atomic E-state index is 10.1. The Morgan fingerprint density at radius 1 is 0.947 bits per heavy atom. The van der Waals surface area contributed by atoms with Gasteiger partial charge in [0.2, 0.25) is 0 Å². The first kappa shape index (κ1) is 22.5. The molecule has 9 N–H and O–H groups in total. The number of rotatable bonds is 5. The Bertz CT molecular complexity index is 256. The zero-order valence-corrected chi connectivity index (χ0v) is 11.1. The molecule has 0 radical (unpaired) electrons. The van der Waals surface area contributed by atoms with Crippen molar-refractivity contribution in [2.75, 3.05) is 13.1 Å². The quantitative estimate of drug-likeness (QED) is 0.348. The first-order valence-corrected chi connectivity index (χ1v) is 5.40. The van der Waals surface area contributed by atoms with Crippen molar-refractivity contribution in [3.05, 3.63) is 0 Å². The smallest absolute Gasteiger partial charge is 0.320 e. The van der Waals surface area contributed by atoms with Gasteiger partial charge in [-0.1, -0.05) is 13.8 Å². The van der Waals surface area contributed by atoms with E-state index in [4.69, 9.17) is 21.1 Å². The molecule has 0 saturated carbocycles. The predicted octanol–water partition coefficient (Wildman–Crippen LogP) is -1.50. The second-order valence-electron chi connectivity index (χ2n) is 3.77. The SMILES string of the molecule is CC(C)CC(N)C(=O)O.NCC(=O)O.NCC(=O)O. The van der Waals surface area contributed by atoms with E-state index in [2.05, 4.69) is 11.5 Å². The van der Waals surface area contributed by atoms with Gasteiger partial charge in [0, 0.05) is 0 Å². The summed E-state index contributed by atoms with van der Waals surface area (Å²) in [5.41, 5.74) is 14.4. The fraction of sp³-hybridized carbons (Fsp3) is 0.700. The molecule has 0 aliphatic carbocycles. The second kappa shape index (κ2) is 14.4. The normalized spacial score (nSPS) is 10.4. The van der Waals surface area contributed by atoms with E-state index in [9.17, 15) is 14.4 Å². The molecule has 0 aromatic carbocycles. The Labute approximate surface area is 111 Å². The number of carboxylic acid groups (broad SMARTS) is 3. The van der Waals surface area contributed by atoms with Crippen LogP contribution in [0.3, 0.4) is 0 Å². The van der Waals surface area contributed by atoms with E-state index in [1.165, 1.54) is 0 Å². The molecule has 0 spiro atoms. The molecule has 0 rings (SSSR count). The van der Waals surface area contributed by atoms with E-state index in [0.29, 0.717) is 12.3 Å². The van der Waals surface area contributed by atoms with Gasteiger partial charge in [0.1, 0.15) is 6.04 Å². The summed E-state index contributed by atoms with van der Waals surface area (Å²) in [4.78, 5) is 28.6. The van der Waals surface area contributed by atoms with E-state index >= 15 is 0 Å². The molecule has 114 valence electrons. The highest BCUT2D eigenvalue weighted by atomic mass is 16.4. The highest BCUT2D eigenvalue weighted by Crippen LogP contribution is 2.01. The van der Waals surface area contributed by atoms with Gasteiger partial charge in [-0.3, -0.25) is 14.4 Å². The third-order valence-electron chi connectivity index (χ3n) is 1.39. The molecule has 1 atom stereocenters. The molecule has 0 aliphatic rings. The summed E-state index contributed by atoms with van der Waals surface area (Å²) in [6.07, 6.45) is 0.551. The van der Waals surface area contributed by atoms with E-state index in [1.807, 2.05) is 13.8 Å². The zero-order valence-electron chi connectivity index (χ0n) is 11.1. The topological polar surface area (TPSA) is 190 Å². The fourth-order valence-corrected chi connectivity index (χ4v) is 0.609. The van der Waals surface area contributed by atoms with Crippen LogP contribution in [0.2, 0.25) is 0 Å². The summed E-state index contributed by atoms with van der Waals surface area (Å²) < 4.78 is 0. The van der Waals surface area contributed by atoms with Gasteiger partial charge in [-0.25, -0.2) is 0 Å². The lowest BCUT2D eigenvalue weighted by atomic mass is 10.1. The third-order valence-corrected chi connectivity index (χ3v) is 1.39. The lowest BCUT2D eigenvalue weighted by molar-refractivity contribution is -0.139. The molecule has 19 heavy (non-hydrogen) atoms. The van der Waals surface area contributed by atoms with Crippen LogP contribution in [0.4, 0.5) is 0 Å². The Hall–Kier alpha value is -1.71. The van der Waals surface area contributed by atoms with Crippen molar-refractivity contribution >= 4 is 17.9 Å². The van der Waals surface area contributed by atoms with Crippen molar-refractivity contribution in [1.29, 1.82) is 0 Å². The Morgan fingerprint density at radius 3 is 1.26 bits per heavy atom. The van der Waals surface area contributed by atoms with Gasteiger partial charge in [-0.05, 0) is 12.3 Å². The number of hydrogen-bond acceptors (Lipinski definition) is 6. The minimum atomic E-state index is -0.968. The Morgan fingerprint density at radius 2 is 1.21 bits per heavy atom. The molecule has 9 nitrogen and oxygen atoms in total. The van der Waals surface area contributed by atoms with Gasteiger partial charge in [0.05, 0.1) is 13.1 Å². The molecular weight excluding hydrogens is 258 g/mol. The van der Waals surface area contributed by atoms with Crippen LogP contribution in [-0.4, -0.2) is 52.4 Å². The lowest BCUT2D eigenvalue weighted by Crippen LogP contribution is -2.31. The van der Waals surface area contributed by atoms with Gasteiger partial charge in [0.25, 0.3) is 0 Å². The van der Waals surface area contributed by atoms with E-state index in [-0.39, 0.29) is 13.1 Å². The van der Waals surface area contributed by atoms with Gasteiger partial charge < -0.3 is 32.5 Å². The van der Waals surface area contributed by atoms with E-state index in [1.54, 1.807) is 0 Å². The maximum atomic E-state index is 10.1. The first-order chi connectivity index (χ1) is 8.58. The monoisotopic (exact) mass is 281 g/mol. The molecule has 0 aliphatic heterocycles.